The number of ketones is 2. The zero-order valence-electron chi connectivity index (χ0n) is 30.1. The van der Waals surface area contributed by atoms with Crippen molar-refractivity contribution in [2.45, 2.75) is 145 Å². The van der Waals surface area contributed by atoms with Crippen molar-refractivity contribution in [2.24, 2.45) is 22.7 Å². The summed E-state index contributed by atoms with van der Waals surface area (Å²) < 4.78 is 0. The Bertz CT molecular complexity index is 1340. The summed E-state index contributed by atoms with van der Waals surface area (Å²) in [4.78, 5) is 27.8. The summed E-state index contributed by atoms with van der Waals surface area (Å²) in [7, 11) is 0. The third-order valence-corrected chi connectivity index (χ3v) is 12.8. The summed E-state index contributed by atoms with van der Waals surface area (Å²) in [5.74, 6) is 1.23. The number of hydrogen-bond acceptors (Lipinski definition) is 2. The zero-order chi connectivity index (χ0) is 33.1. The van der Waals surface area contributed by atoms with Gasteiger partial charge in [0.25, 0.3) is 0 Å². The lowest BCUT2D eigenvalue weighted by Gasteiger charge is -2.34. The van der Waals surface area contributed by atoms with Gasteiger partial charge in [-0.05, 0) is 82.7 Å². The number of carbonyl (C=O) groups excluding carboxylic acids is 2. The lowest BCUT2D eigenvalue weighted by atomic mass is 9.70. The van der Waals surface area contributed by atoms with Crippen molar-refractivity contribution in [3.8, 4) is 0 Å². The van der Waals surface area contributed by atoms with Crippen LogP contribution < -0.4 is 0 Å². The van der Waals surface area contributed by atoms with E-state index < -0.39 is 0 Å². The Morgan fingerprint density at radius 1 is 0.636 bits per heavy atom. The van der Waals surface area contributed by atoms with E-state index >= 15 is 0 Å². The van der Waals surface area contributed by atoms with E-state index in [4.69, 9.17) is 0 Å². The molecule has 0 saturated heterocycles. The van der Waals surface area contributed by atoms with E-state index in [0.29, 0.717) is 44.9 Å². The molecule has 0 aliphatic heterocycles. The minimum Gasteiger partial charge on any atom is -0.289 e. The van der Waals surface area contributed by atoms with Gasteiger partial charge in [-0.15, -0.1) is 6.58 Å². The van der Waals surface area contributed by atoms with Crippen molar-refractivity contribution in [1.82, 2.24) is 0 Å². The quantitative estimate of drug-likeness (QED) is 0.154. The standard InChI is InChI=1S/C42H62O2/c1-13-39(7,8)29(5)19-17-25-41(11,15-3)31-21-23-33-35(27-31)37(43)34-24-22-32(28-36(34)38(33)44)42(12,16-4)26-18-20-30(6)40(9,10)14-2/h15,21-24,27-30H,3,13-14,16-20,25-26H2,1-2,4-12H3. The minimum absolute atomic E-state index is 0.0318. The van der Waals surface area contributed by atoms with Crippen LogP contribution in [-0.2, 0) is 10.8 Å². The minimum atomic E-state index is -0.259. The smallest absolute Gasteiger partial charge is 0.194 e. The second-order valence-corrected chi connectivity index (χ2v) is 16.0. The molecule has 2 aromatic carbocycles. The highest BCUT2D eigenvalue weighted by Crippen LogP contribution is 2.41. The fraction of sp³-hybridized carbons (Fsp3) is 0.619. The first-order valence-electron chi connectivity index (χ1n) is 17.5. The maximum Gasteiger partial charge on any atom is 0.194 e. The first kappa shape index (κ1) is 36.0. The highest BCUT2D eigenvalue weighted by Gasteiger charge is 2.35. The molecule has 4 atom stereocenters. The van der Waals surface area contributed by atoms with Crippen LogP contribution in [0.1, 0.15) is 177 Å². The van der Waals surface area contributed by atoms with Crippen molar-refractivity contribution in [3.63, 3.8) is 0 Å². The molecule has 44 heavy (non-hydrogen) atoms. The molecular formula is C42H62O2. The summed E-state index contributed by atoms with van der Waals surface area (Å²) >= 11 is 0. The third-order valence-electron chi connectivity index (χ3n) is 12.8. The molecule has 3 rings (SSSR count). The van der Waals surface area contributed by atoms with Gasteiger partial charge in [-0.2, -0.15) is 0 Å². The monoisotopic (exact) mass is 598 g/mol. The Hall–Kier alpha value is -2.48. The molecule has 0 spiro atoms. The molecule has 0 amide bonds. The van der Waals surface area contributed by atoms with Gasteiger partial charge in [0.05, 0.1) is 0 Å². The van der Waals surface area contributed by atoms with Crippen LogP contribution in [0.3, 0.4) is 0 Å². The molecule has 0 N–H and O–H groups in total. The predicted molar refractivity (Wildman–Crippen MR) is 189 cm³/mol. The molecule has 0 aromatic heterocycles. The number of rotatable bonds is 16. The van der Waals surface area contributed by atoms with Crippen molar-refractivity contribution in [3.05, 3.63) is 82.4 Å². The number of allylic oxidation sites excluding steroid dienone is 1. The molecule has 2 aromatic rings. The van der Waals surface area contributed by atoms with Crippen molar-refractivity contribution in [2.75, 3.05) is 0 Å². The Morgan fingerprint density at radius 3 is 1.50 bits per heavy atom. The molecule has 0 bridgehead atoms. The maximum atomic E-state index is 13.9. The topological polar surface area (TPSA) is 34.1 Å². The van der Waals surface area contributed by atoms with Crippen LogP contribution in [0, 0.1) is 22.7 Å². The molecule has 1 aliphatic rings. The molecule has 2 nitrogen and oxygen atoms in total. The zero-order valence-corrected chi connectivity index (χ0v) is 30.1. The van der Waals surface area contributed by atoms with Gasteiger partial charge in [-0.3, -0.25) is 9.59 Å². The predicted octanol–water partition coefficient (Wildman–Crippen LogP) is 12.1. The van der Waals surface area contributed by atoms with E-state index in [1.54, 1.807) is 0 Å². The summed E-state index contributed by atoms with van der Waals surface area (Å²) in [6, 6.07) is 12.0. The van der Waals surface area contributed by atoms with E-state index in [9.17, 15) is 9.59 Å². The molecule has 0 radical (unpaired) electrons. The second kappa shape index (κ2) is 13.9. The van der Waals surface area contributed by atoms with Crippen LogP contribution in [0.15, 0.2) is 49.1 Å². The van der Waals surface area contributed by atoms with Gasteiger partial charge in [0.1, 0.15) is 0 Å². The van der Waals surface area contributed by atoms with Crippen molar-refractivity contribution in [1.29, 1.82) is 0 Å². The van der Waals surface area contributed by atoms with Crippen LogP contribution >= 0.6 is 0 Å². The van der Waals surface area contributed by atoms with Gasteiger partial charge in [0.15, 0.2) is 11.6 Å². The average molecular weight is 599 g/mol. The number of benzene rings is 2. The number of fused-ring (bicyclic) bond motifs is 2. The Kier molecular flexibility index (Phi) is 11.4. The Balaban J connectivity index is 1.84. The largest absolute Gasteiger partial charge is 0.289 e. The lowest BCUT2D eigenvalue weighted by molar-refractivity contribution is 0.0978. The van der Waals surface area contributed by atoms with Gasteiger partial charge in [0.2, 0.25) is 0 Å². The fourth-order valence-corrected chi connectivity index (χ4v) is 6.82. The Morgan fingerprint density at radius 2 is 1.07 bits per heavy atom. The van der Waals surface area contributed by atoms with Gasteiger partial charge in [0, 0.05) is 27.7 Å². The molecule has 0 saturated carbocycles. The molecule has 0 fully saturated rings. The lowest BCUT2D eigenvalue weighted by Crippen LogP contribution is -2.27. The van der Waals surface area contributed by atoms with E-state index in [2.05, 4.69) is 94.9 Å². The Labute approximate surface area is 270 Å². The first-order valence-corrected chi connectivity index (χ1v) is 17.5. The second-order valence-electron chi connectivity index (χ2n) is 16.0. The van der Waals surface area contributed by atoms with Crippen LogP contribution in [0.4, 0.5) is 0 Å². The van der Waals surface area contributed by atoms with E-state index in [0.717, 1.165) is 44.1 Å². The normalized spacial score (nSPS) is 17.7. The molecule has 242 valence electrons. The van der Waals surface area contributed by atoms with Gasteiger partial charge in [-0.1, -0.05) is 133 Å². The molecular weight excluding hydrogens is 536 g/mol. The molecule has 2 heteroatoms. The van der Waals surface area contributed by atoms with Crippen LogP contribution in [0.2, 0.25) is 0 Å². The highest BCUT2D eigenvalue weighted by molar-refractivity contribution is 6.28. The molecule has 0 heterocycles. The molecule has 4 unspecified atom stereocenters. The van der Waals surface area contributed by atoms with Crippen LogP contribution in [0.25, 0.3) is 0 Å². The summed E-state index contributed by atoms with van der Waals surface area (Å²) in [6.45, 7) is 29.7. The van der Waals surface area contributed by atoms with Gasteiger partial charge >= 0.3 is 0 Å². The van der Waals surface area contributed by atoms with E-state index in [1.807, 2.05) is 30.3 Å². The SMILES string of the molecule is C=CC(C)(CCCC(C)C(C)(C)CC)c1ccc2c(c1)C(=O)c1ccc(C(C)(CC)CCCC(C)C(C)(C)CC)cc1C2=O. The van der Waals surface area contributed by atoms with Crippen molar-refractivity contribution >= 4 is 11.6 Å². The summed E-state index contributed by atoms with van der Waals surface area (Å²) in [5.41, 5.74) is 4.78. The van der Waals surface area contributed by atoms with E-state index in [1.165, 1.54) is 24.8 Å². The summed E-state index contributed by atoms with van der Waals surface area (Å²) in [5, 5.41) is 0. The maximum absolute atomic E-state index is 13.9. The van der Waals surface area contributed by atoms with Crippen molar-refractivity contribution < 1.29 is 9.59 Å². The van der Waals surface area contributed by atoms with Crippen LogP contribution in [0.5, 0.6) is 0 Å². The van der Waals surface area contributed by atoms with E-state index in [-0.39, 0.29) is 22.4 Å². The highest BCUT2D eigenvalue weighted by atomic mass is 16.1. The van der Waals surface area contributed by atoms with Gasteiger partial charge in [-0.25, -0.2) is 0 Å². The number of hydrogen-bond donors (Lipinski definition) is 0. The molecule has 1 aliphatic carbocycles. The van der Waals surface area contributed by atoms with Gasteiger partial charge < -0.3 is 0 Å². The average Bonchev–Trinajstić information content (AvgIpc) is 3.02. The first-order chi connectivity index (χ1) is 20.5. The fourth-order valence-electron chi connectivity index (χ4n) is 6.82. The summed E-state index contributed by atoms with van der Waals surface area (Å²) in [6.07, 6.45) is 12.0. The third kappa shape index (κ3) is 7.32. The number of carbonyl (C=O) groups is 2. The van der Waals surface area contributed by atoms with Crippen LogP contribution in [-0.4, -0.2) is 11.6 Å².